The van der Waals surface area contributed by atoms with Crippen LogP contribution >= 0.6 is 11.6 Å². The molecule has 29 heavy (non-hydrogen) atoms. The highest BCUT2D eigenvalue weighted by Gasteiger charge is 2.27. The van der Waals surface area contributed by atoms with Gasteiger partial charge in [-0.1, -0.05) is 29.8 Å². The molecule has 2 aliphatic rings. The first kappa shape index (κ1) is 19.9. The van der Waals surface area contributed by atoms with Crippen molar-refractivity contribution in [2.75, 3.05) is 40.0 Å². The number of carbonyl (C=O) groups is 1. The molecule has 1 unspecified atom stereocenters. The van der Waals surface area contributed by atoms with Gasteiger partial charge in [-0.2, -0.15) is 0 Å². The van der Waals surface area contributed by atoms with E-state index in [9.17, 15) is 4.79 Å². The minimum absolute atomic E-state index is 0.0466. The van der Waals surface area contributed by atoms with E-state index >= 15 is 0 Å². The summed E-state index contributed by atoms with van der Waals surface area (Å²) in [5, 5.41) is 3.45. The zero-order valence-corrected chi connectivity index (χ0v) is 17.2. The van der Waals surface area contributed by atoms with E-state index in [1.165, 1.54) is 0 Å². The maximum Gasteiger partial charge on any atom is 0.251 e. The van der Waals surface area contributed by atoms with Gasteiger partial charge in [0.1, 0.15) is 19.0 Å². The molecule has 1 amide bonds. The molecular weight excluding hydrogens is 392 g/mol. The van der Waals surface area contributed by atoms with Crippen molar-refractivity contribution in [1.29, 1.82) is 0 Å². The summed E-state index contributed by atoms with van der Waals surface area (Å²) in [5.41, 5.74) is 1.54. The third-order valence-corrected chi connectivity index (χ3v) is 5.68. The predicted octanol–water partition coefficient (Wildman–Crippen LogP) is 3.69. The van der Waals surface area contributed by atoms with Crippen molar-refractivity contribution in [2.24, 2.45) is 0 Å². The van der Waals surface area contributed by atoms with E-state index in [0.29, 0.717) is 41.8 Å². The lowest BCUT2D eigenvalue weighted by Crippen LogP contribution is -2.37. The second-order valence-electron chi connectivity index (χ2n) is 7.19. The quantitative estimate of drug-likeness (QED) is 0.778. The summed E-state index contributed by atoms with van der Waals surface area (Å²) in [6.07, 6.45) is 2.33. The Hall–Kier alpha value is -2.44. The van der Waals surface area contributed by atoms with Crippen molar-refractivity contribution in [3.8, 4) is 17.2 Å². The van der Waals surface area contributed by atoms with Crippen molar-refractivity contribution in [3.63, 3.8) is 0 Å². The Labute approximate surface area is 175 Å². The van der Waals surface area contributed by atoms with Crippen LogP contribution in [-0.4, -0.2) is 50.8 Å². The normalized spacial score (nSPS) is 17.0. The van der Waals surface area contributed by atoms with Crippen molar-refractivity contribution in [1.82, 2.24) is 10.2 Å². The minimum Gasteiger partial charge on any atom is -0.496 e. The zero-order chi connectivity index (χ0) is 20.2. The first-order valence-corrected chi connectivity index (χ1v) is 10.3. The fourth-order valence-corrected chi connectivity index (χ4v) is 4.23. The van der Waals surface area contributed by atoms with E-state index in [-0.39, 0.29) is 11.9 Å². The number of nitrogens with one attached hydrogen (secondary N) is 1. The molecule has 7 heteroatoms. The number of halogens is 1. The highest BCUT2D eigenvalue weighted by atomic mass is 35.5. The second-order valence-corrected chi connectivity index (χ2v) is 7.60. The number of carbonyl (C=O) groups excluding carboxylic acids is 1. The van der Waals surface area contributed by atoms with Crippen LogP contribution in [0, 0.1) is 0 Å². The standard InChI is InChI=1S/C22H25ClN2O4/c1-27-19-7-3-2-6-16(19)18(25-8-4-5-9-25)14-24-22(26)15-12-17(23)21-20(13-15)28-10-11-29-21/h2-3,6-7,12-13,18H,4-5,8-11,14H2,1H3,(H,24,26). The Kier molecular flexibility index (Phi) is 6.11. The Morgan fingerprint density at radius 1 is 1.21 bits per heavy atom. The van der Waals surface area contributed by atoms with Gasteiger partial charge >= 0.3 is 0 Å². The molecule has 2 aromatic rings. The molecule has 0 aromatic heterocycles. The second kappa shape index (κ2) is 8.93. The minimum atomic E-state index is -0.192. The highest BCUT2D eigenvalue weighted by molar-refractivity contribution is 6.32. The molecule has 1 saturated heterocycles. The third-order valence-electron chi connectivity index (χ3n) is 5.39. The first-order valence-electron chi connectivity index (χ1n) is 9.91. The van der Waals surface area contributed by atoms with Gasteiger partial charge in [0.25, 0.3) is 5.91 Å². The molecule has 4 rings (SSSR count). The smallest absolute Gasteiger partial charge is 0.251 e. The summed E-state index contributed by atoms with van der Waals surface area (Å²) >= 11 is 6.28. The summed E-state index contributed by atoms with van der Waals surface area (Å²) in [7, 11) is 1.68. The molecule has 0 saturated carbocycles. The summed E-state index contributed by atoms with van der Waals surface area (Å²) < 4.78 is 16.7. The van der Waals surface area contributed by atoms with Crippen molar-refractivity contribution >= 4 is 17.5 Å². The average molecular weight is 417 g/mol. The fourth-order valence-electron chi connectivity index (χ4n) is 3.96. The van der Waals surface area contributed by atoms with Gasteiger partial charge in [0.05, 0.1) is 18.2 Å². The summed E-state index contributed by atoms with van der Waals surface area (Å²) in [6, 6.07) is 11.3. The fraction of sp³-hybridized carbons (Fsp3) is 0.409. The average Bonchev–Trinajstić information content (AvgIpc) is 3.28. The van der Waals surface area contributed by atoms with E-state index in [1.807, 2.05) is 18.2 Å². The van der Waals surface area contributed by atoms with Gasteiger partial charge in [-0.15, -0.1) is 0 Å². The van der Waals surface area contributed by atoms with E-state index in [4.69, 9.17) is 25.8 Å². The van der Waals surface area contributed by atoms with E-state index in [0.717, 1.165) is 37.2 Å². The SMILES string of the molecule is COc1ccccc1C(CNC(=O)c1cc(Cl)c2c(c1)OCCO2)N1CCCC1. The lowest BCUT2D eigenvalue weighted by molar-refractivity contribution is 0.0936. The largest absolute Gasteiger partial charge is 0.496 e. The number of hydrogen-bond acceptors (Lipinski definition) is 5. The Bertz CT molecular complexity index is 883. The Morgan fingerprint density at radius 3 is 2.76 bits per heavy atom. The van der Waals surface area contributed by atoms with Crippen LogP contribution < -0.4 is 19.5 Å². The molecule has 2 aliphatic heterocycles. The molecule has 1 fully saturated rings. The maximum absolute atomic E-state index is 12.9. The van der Waals surface area contributed by atoms with Crippen LogP contribution in [0.2, 0.25) is 5.02 Å². The van der Waals surface area contributed by atoms with E-state index < -0.39 is 0 Å². The predicted molar refractivity (Wildman–Crippen MR) is 111 cm³/mol. The number of fused-ring (bicyclic) bond motifs is 1. The molecule has 0 radical (unpaired) electrons. The monoisotopic (exact) mass is 416 g/mol. The van der Waals surface area contributed by atoms with Crippen LogP contribution in [0.3, 0.4) is 0 Å². The number of nitrogens with zero attached hydrogens (tertiary/aromatic N) is 1. The molecule has 0 bridgehead atoms. The lowest BCUT2D eigenvalue weighted by Gasteiger charge is -2.29. The molecule has 2 aromatic carbocycles. The number of para-hydroxylation sites is 1. The zero-order valence-electron chi connectivity index (χ0n) is 16.4. The van der Waals surface area contributed by atoms with Crippen LogP contribution in [-0.2, 0) is 0 Å². The Balaban J connectivity index is 1.53. The summed E-state index contributed by atoms with van der Waals surface area (Å²) in [5.74, 6) is 1.65. The maximum atomic E-state index is 12.9. The van der Waals surface area contributed by atoms with Gasteiger partial charge in [0, 0.05) is 17.7 Å². The van der Waals surface area contributed by atoms with Crippen LogP contribution in [0.1, 0.15) is 34.8 Å². The number of amides is 1. The van der Waals surface area contributed by atoms with E-state index in [1.54, 1.807) is 19.2 Å². The molecule has 0 aliphatic carbocycles. The molecule has 1 atom stereocenters. The van der Waals surface area contributed by atoms with Gasteiger partial charge in [0.2, 0.25) is 0 Å². The number of likely N-dealkylation sites (tertiary alicyclic amines) is 1. The van der Waals surface area contributed by atoms with Crippen LogP contribution in [0.25, 0.3) is 0 Å². The number of methoxy groups -OCH3 is 1. The molecular formula is C22H25ClN2O4. The van der Waals surface area contributed by atoms with Gasteiger partial charge in [-0.05, 0) is 44.1 Å². The number of hydrogen-bond donors (Lipinski definition) is 1. The molecule has 6 nitrogen and oxygen atoms in total. The molecule has 154 valence electrons. The summed E-state index contributed by atoms with van der Waals surface area (Å²) in [6.45, 7) is 3.39. The topological polar surface area (TPSA) is 60.0 Å². The van der Waals surface area contributed by atoms with Crippen molar-refractivity contribution < 1.29 is 19.0 Å². The van der Waals surface area contributed by atoms with Gasteiger partial charge < -0.3 is 19.5 Å². The lowest BCUT2D eigenvalue weighted by atomic mass is 10.0. The van der Waals surface area contributed by atoms with Crippen molar-refractivity contribution in [2.45, 2.75) is 18.9 Å². The Morgan fingerprint density at radius 2 is 1.97 bits per heavy atom. The van der Waals surface area contributed by atoms with Gasteiger partial charge in [0.15, 0.2) is 11.5 Å². The van der Waals surface area contributed by atoms with E-state index in [2.05, 4.69) is 16.3 Å². The van der Waals surface area contributed by atoms with Crippen molar-refractivity contribution in [3.05, 3.63) is 52.5 Å². The molecule has 2 heterocycles. The number of ether oxygens (including phenoxy) is 3. The molecule has 1 N–H and O–H groups in total. The van der Waals surface area contributed by atoms with Crippen LogP contribution in [0.15, 0.2) is 36.4 Å². The third kappa shape index (κ3) is 4.28. The van der Waals surface area contributed by atoms with Crippen LogP contribution in [0.4, 0.5) is 0 Å². The van der Waals surface area contributed by atoms with Gasteiger partial charge in [-0.3, -0.25) is 9.69 Å². The van der Waals surface area contributed by atoms with Crippen LogP contribution in [0.5, 0.6) is 17.2 Å². The summed E-state index contributed by atoms with van der Waals surface area (Å²) in [4.78, 5) is 15.3. The molecule has 0 spiro atoms. The highest BCUT2D eigenvalue weighted by Crippen LogP contribution is 2.38. The number of rotatable bonds is 6. The van der Waals surface area contributed by atoms with Gasteiger partial charge in [-0.25, -0.2) is 0 Å². The first-order chi connectivity index (χ1) is 14.2. The number of benzene rings is 2.